The predicted molar refractivity (Wildman–Crippen MR) is 67.0 cm³/mol. The van der Waals surface area contributed by atoms with Crippen molar-refractivity contribution >= 4 is 31.9 Å². The molecule has 0 radical (unpaired) electrons. The Hall–Kier alpha value is -0.980. The predicted octanol–water partition coefficient (Wildman–Crippen LogP) is 2.33. The molecule has 4 nitrogen and oxygen atoms in total. The van der Waals surface area contributed by atoms with E-state index in [9.17, 15) is 0 Å². The lowest BCUT2D eigenvalue weighted by Gasteiger charge is -2.23. The zero-order valence-corrected chi connectivity index (χ0v) is 11.7. The molecule has 0 spiro atoms. The quantitative estimate of drug-likeness (QED) is 0.671. The van der Waals surface area contributed by atoms with Gasteiger partial charge in [0.25, 0.3) is 0 Å². The Morgan fingerprint density at radius 3 is 1.71 bits per heavy atom. The monoisotopic (exact) mass is 352 g/mol. The molecule has 1 heterocycles. The highest BCUT2D eigenvalue weighted by molar-refractivity contribution is 9.12. The fourth-order valence-electron chi connectivity index (χ4n) is 2.67. The van der Waals surface area contributed by atoms with Crippen molar-refractivity contribution in [1.29, 1.82) is 10.5 Å². The molecular weight excluding hydrogens is 348 g/mol. The zero-order chi connectivity index (χ0) is 12.2. The molecular formula is C11H6Br2N4. The first-order valence-corrected chi connectivity index (χ1v) is 7.00. The van der Waals surface area contributed by atoms with Gasteiger partial charge in [-0.15, -0.1) is 0 Å². The van der Waals surface area contributed by atoms with Crippen LogP contribution in [0.15, 0.2) is 0 Å². The fraction of sp³-hybridized carbons (Fsp3) is 0.455. The summed E-state index contributed by atoms with van der Waals surface area (Å²) in [6.07, 6.45) is 0.987. The molecule has 0 unspecified atom stereocenters. The van der Waals surface area contributed by atoms with Crippen molar-refractivity contribution in [2.24, 2.45) is 0 Å². The van der Waals surface area contributed by atoms with Crippen LogP contribution < -0.4 is 0 Å². The number of alkyl halides is 2. The van der Waals surface area contributed by atoms with Crippen LogP contribution in [-0.2, 0) is 0 Å². The molecule has 0 aliphatic heterocycles. The summed E-state index contributed by atoms with van der Waals surface area (Å²) in [5.74, 6) is 0.596. The van der Waals surface area contributed by atoms with Gasteiger partial charge in [-0.2, -0.15) is 10.5 Å². The largest absolute Gasteiger partial charge is 0.237 e. The summed E-state index contributed by atoms with van der Waals surface area (Å²) in [4.78, 5) is 9.28. The van der Waals surface area contributed by atoms with Crippen molar-refractivity contribution < 1.29 is 0 Å². The summed E-state index contributed by atoms with van der Waals surface area (Å²) in [6, 6.07) is 3.88. The Labute approximate surface area is 115 Å². The second-order valence-electron chi connectivity index (χ2n) is 4.25. The maximum absolute atomic E-state index is 8.94. The van der Waals surface area contributed by atoms with Gasteiger partial charge in [0, 0.05) is 21.5 Å². The van der Waals surface area contributed by atoms with Gasteiger partial charge in [0.05, 0.1) is 11.4 Å². The van der Waals surface area contributed by atoms with Crippen molar-refractivity contribution in [1.82, 2.24) is 9.97 Å². The van der Waals surface area contributed by atoms with Crippen molar-refractivity contribution in [3.63, 3.8) is 0 Å². The van der Waals surface area contributed by atoms with Gasteiger partial charge in [-0.1, -0.05) is 31.9 Å². The molecule has 1 aromatic rings. The van der Waals surface area contributed by atoms with Crippen LogP contribution >= 0.6 is 31.9 Å². The van der Waals surface area contributed by atoms with Gasteiger partial charge in [-0.25, -0.2) is 9.97 Å². The third-order valence-electron chi connectivity index (χ3n) is 3.45. The average molecular weight is 354 g/mol. The van der Waals surface area contributed by atoms with Crippen LogP contribution in [0.1, 0.15) is 41.0 Å². The van der Waals surface area contributed by atoms with Gasteiger partial charge >= 0.3 is 0 Å². The fourth-order valence-corrected chi connectivity index (χ4v) is 4.33. The minimum Gasteiger partial charge on any atom is -0.237 e. The molecule has 4 atom stereocenters. The maximum Gasteiger partial charge on any atom is 0.177 e. The van der Waals surface area contributed by atoms with Crippen LogP contribution in [0.2, 0.25) is 0 Å². The number of aromatic nitrogens is 2. The summed E-state index contributed by atoms with van der Waals surface area (Å²) < 4.78 is 0. The lowest BCUT2D eigenvalue weighted by atomic mass is 10.00. The van der Waals surface area contributed by atoms with E-state index in [2.05, 4.69) is 41.8 Å². The van der Waals surface area contributed by atoms with Gasteiger partial charge in [-0.05, 0) is 6.42 Å². The summed E-state index contributed by atoms with van der Waals surface area (Å²) in [6.45, 7) is 0. The molecule has 2 aliphatic rings. The highest BCUT2D eigenvalue weighted by Gasteiger charge is 2.51. The molecule has 0 saturated heterocycles. The van der Waals surface area contributed by atoms with Crippen LogP contribution in [0.5, 0.6) is 0 Å². The van der Waals surface area contributed by atoms with Gasteiger partial charge in [0.2, 0.25) is 0 Å². The molecule has 6 heteroatoms. The first-order valence-electron chi connectivity index (χ1n) is 5.17. The molecule has 0 amide bonds. The number of rotatable bonds is 0. The van der Waals surface area contributed by atoms with Gasteiger partial charge < -0.3 is 0 Å². The number of hydrogen-bond acceptors (Lipinski definition) is 4. The van der Waals surface area contributed by atoms with E-state index in [-0.39, 0.29) is 11.4 Å². The van der Waals surface area contributed by atoms with Crippen LogP contribution in [0.3, 0.4) is 0 Å². The van der Waals surface area contributed by atoms with Crippen molar-refractivity contribution in [3.05, 3.63) is 22.8 Å². The highest BCUT2D eigenvalue weighted by Crippen LogP contribution is 2.56. The Kier molecular flexibility index (Phi) is 2.46. The van der Waals surface area contributed by atoms with Crippen LogP contribution in [0.25, 0.3) is 0 Å². The van der Waals surface area contributed by atoms with Crippen LogP contribution in [-0.4, -0.2) is 19.6 Å². The van der Waals surface area contributed by atoms with E-state index in [0.717, 1.165) is 17.8 Å². The molecule has 3 rings (SSSR count). The van der Waals surface area contributed by atoms with E-state index in [1.54, 1.807) is 0 Å². The molecule has 17 heavy (non-hydrogen) atoms. The molecule has 1 aromatic heterocycles. The normalized spacial score (nSPS) is 32.9. The van der Waals surface area contributed by atoms with Crippen molar-refractivity contribution in [2.45, 2.75) is 27.9 Å². The molecule has 0 N–H and O–H groups in total. The topological polar surface area (TPSA) is 73.4 Å². The van der Waals surface area contributed by atoms with E-state index in [4.69, 9.17) is 10.5 Å². The third kappa shape index (κ3) is 1.38. The van der Waals surface area contributed by atoms with E-state index in [0.29, 0.717) is 21.5 Å². The van der Waals surface area contributed by atoms with Gasteiger partial charge in [-0.3, -0.25) is 0 Å². The minimum atomic E-state index is 0.143. The molecule has 2 aliphatic carbocycles. The van der Waals surface area contributed by atoms with Gasteiger partial charge in [0.1, 0.15) is 12.1 Å². The zero-order valence-electron chi connectivity index (χ0n) is 8.56. The van der Waals surface area contributed by atoms with E-state index in [1.165, 1.54) is 0 Å². The van der Waals surface area contributed by atoms with E-state index in [1.807, 2.05) is 12.1 Å². The molecule has 1 saturated carbocycles. The number of nitrogens with zero attached hydrogens (tertiary/aromatic N) is 4. The standard InChI is InChI=1S/C11H6Br2N4/c12-8-4-1-5(9(8)13)11-10(4)16-6(2-14)7(3-15)17-11/h4-5,8-9H,1H2/t4-,5+,8+,9-. The van der Waals surface area contributed by atoms with E-state index >= 15 is 0 Å². The van der Waals surface area contributed by atoms with Crippen molar-refractivity contribution in [3.8, 4) is 12.1 Å². The molecule has 84 valence electrons. The Morgan fingerprint density at radius 2 is 1.35 bits per heavy atom. The second kappa shape index (κ2) is 3.76. The molecule has 0 aromatic carbocycles. The summed E-state index contributed by atoms with van der Waals surface area (Å²) in [7, 11) is 0. The summed E-state index contributed by atoms with van der Waals surface area (Å²) in [5, 5.41) is 17.9. The number of hydrogen-bond donors (Lipinski definition) is 0. The minimum absolute atomic E-state index is 0.143. The summed E-state index contributed by atoms with van der Waals surface area (Å²) in [5.41, 5.74) is 2.07. The number of nitriles is 2. The highest BCUT2D eigenvalue weighted by atomic mass is 79.9. The van der Waals surface area contributed by atoms with Crippen molar-refractivity contribution in [2.75, 3.05) is 0 Å². The third-order valence-corrected chi connectivity index (χ3v) is 6.57. The average Bonchev–Trinajstić information content (AvgIpc) is 2.85. The second-order valence-corrected chi connectivity index (χ2v) is 6.37. The van der Waals surface area contributed by atoms with Crippen LogP contribution in [0.4, 0.5) is 0 Å². The molecule has 2 bridgehead atoms. The first kappa shape index (κ1) is 11.1. The number of fused-ring (bicyclic) bond motifs is 5. The van der Waals surface area contributed by atoms with Crippen LogP contribution in [0, 0.1) is 22.7 Å². The lowest BCUT2D eigenvalue weighted by Crippen LogP contribution is -2.24. The Morgan fingerprint density at radius 1 is 0.941 bits per heavy atom. The first-order chi connectivity index (χ1) is 8.17. The Bertz CT molecular complexity index is 535. The Balaban J connectivity index is 2.21. The van der Waals surface area contributed by atoms with Gasteiger partial charge in [0.15, 0.2) is 11.4 Å². The SMILES string of the molecule is N#Cc1nc2c(nc1C#N)[C@@H]1C[C@H]2[C@@H](Br)[C@H]1Br. The lowest BCUT2D eigenvalue weighted by molar-refractivity contribution is 0.720. The van der Waals surface area contributed by atoms with E-state index < -0.39 is 0 Å². The maximum atomic E-state index is 8.94. The molecule has 1 fully saturated rings. The number of halogens is 2. The smallest absolute Gasteiger partial charge is 0.177 e. The summed E-state index contributed by atoms with van der Waals surface area (Å²) >= 11 is 7.30.